The molecule has 0 radical (unpaired) electrons. The fourth-order valence-electron chi connectivity index (χ4n) is 2.68. The van der Waals surface area contributed by atoms with Crippen molar-refractivity contribution in [2.24, 2.45) is 0 Å². The van der Waals surface area contributed by atoms with Gasteiger partial charge in [-0.05, 0) is 43.7 Å². The third kappa shape index (κ3) is 4.32. The number of aryl methyl sites for hydroxylation is 2. The Balaban J connectivity index is 1.74. The number of carbonyl (C=O) groups excluding carboxylic acids is 1. The number of nitro groups is 1. The number of carbonyl (C=O) groups is 1. The first kappa shape index (κ1) is 18.6. The molecule has 1 N–H and O–H groups in total. The molecule has 0 aliphatic carbocycles. The van der Waals surface area contributed by atoms with Crippen molar-refractivity contribution in [1.82, 2.24) is 9.78 Å². The number of rotatable bonds is 5. The second kappa shape index (κ2) is 7.59. The number of amides is 1. The standard InChI is InChI=1S/C19H17ClN4O3/c1-12-9-15(5-8-17(12)24(26)27)19(25)21-18-10-13(2)23(22-18)11-14-3-6-16(20)7-4-14/h3-10H,11H2,1-2H3,(H,21,22,25). The van der Waals surface area contributed by atoms with E-state index >= 15 is 0 Å². The fraction of sp³-hybridized carbons (Fsp3) is 0.158. The van der Waals surface area contributed by atoms with E-state index in [2.05, 4.69) is 10.4 Å². The van der Waals surface area contributed by atoms with E-state index in [0.717, 1.165) is 11.3 Å². The summed E-state index contributed by atoms with van der Waals surface area (Å²) < 4.78 is 1.78. The van der Waals surface area contributed by atoms with Crippen LogP contribution in [-0.4, -0.2) is 20.6 Å². The Hall–Kier alpha value is -3.19. The van der Waals surface area contributed by atoms with E-state index in [4.69, 9.17) is 11.6 Å². The van der Waals surface area contributed by atoms with E-state index in [1.807, 2.05) is 31.2 Å². The Morgan fingerprint density at radius 2 is 1.89 bits per heavy atom. The van der Waals surface area contributed by atoms with Gasteiger partial charge in [0.25, 0.3) is 11.6 Å². The third-order valence-electron chi connectivity index (χ3n) is 4.12. The van der Waals surface area contributed by atoms with Gasteiger partial charge in [0.05, 0.1) is 11.5 Å². The van der Waals surface area contributed by atoms with Gasteiger partial charge in [-0.25, -0.2) is 0 Å². The van der Waals surface area contributed by atoms with E-state index in [0.29, 0.717) is 28.5 Å². The van der Waals surface area contributed by atoms with E-state index in [1.54, 1.807) is 17.7 Å². The van der Waals surface area contributed by atoms with Crippen LogP contribution in [0.1, 0.15) is 27.2 Å². The van der Waals surface area contributed by atoms with Gasteiger partial charge in [0.15, 0.2) is 5.82 Å². The molecule has 3 aromatic rings. The van der Waals surface area contributed by atoms with Gasteiger partial charge in [0.1, 0.15) is 0 Å². The molecule has 1 heterocycles. The van der Waals surface area contributed by atoms with Crippen LogP contribution >= 0.6 is 11.6 Å². The maximum absolute atomic E-state index is 12.4. The molecule has 0 fully saturated rings. The van der Waals surface area contributed by atoms with Crippen molar-refractivity contribution in [2.75, 3.05) is 5.32 Å². The average molecular weight is 385 g/mol. The SMILES string of the molecule is Cc1cc(C(=O)Nc2cc(C)n(Cc3ccc(Cl)cc3)n2)ccc1[N+](=O)[O-]. The van der Waals surface area contributed by atoms with Crippen LogP contribution in [0.5, 0.6) is 0 Å². The second-order valence-corrected chi connectivity index (χ2v) is 6.60. The van der Waals surface area contributed by atoms with Gasteiger partial charge in [-0.15, -0.1) is 0 Å². The summed E-state index contributed by atoms with van der Waals surface area (Å²) in [5.41, 5.74) is 2.67. The summed E-state index contributed by atoms with van der Waals surface area (Å²) in [6.07, 6.45) is 0. The van der Waals surface area contributed by atoms with Crippen molar-refractivity contribution in [3.05, 3.63) is 86.1 Å². The lowest BCUT2D eigenvalue weighted by Crippen LogP contribution is -2.13. The number of nitro benzene ring substituents is 1. The molecule has 0 aliphatic rings. The molecule has 7 nitrogen and oxygen atoms in total. The molecule has 8 heteroatoms. The zero-order valence-corrected chi connectivity index (χ0v) is 15.5. The van der Waals surface area contributed by atoms with Crippen molar-refractivity contribution >= 4 is 29.0 Å². The predicted molar refractivity (Wildman–Crippen MR) is 103 cm³/mol. The molecule has 27 heavy (non-hydrogen) atoms. The largest absolute Gasteiger partial charge is 0.305 e. The molecule has 138 valence electrons. The van der Waals surface area contributed by atoms with Crippen LogP contribution in [0.3, 0.4) is 0 Å². The molecule has 2 aromatic carbocycles. The molecule has 0 atom stereocenters. The Labute approximate surface area is 160 Å². The van der Waals surface area contributed by atoms with E-state index < -0.39 is 4.92 Å². The van der Waals surface area contributed by atoms with Gasteiger partial charge in [-0.3, -0.25) is 19.6 Å². The van der Waals surface area contributed by atoms with Crippen molar-refractivity contribution in [3.63, 3.8) is 0 Å². The minimum absolute atomic E-state index is 0.0189. The van der Waals surface area contributed by atoms with E-state index in [-0.39, 0.29) is 11.6 Å². The van der Waals surface area contributed by atoms with Gasteiger partial charge in [0.2, 0.25) is 0 Å². The highest BCUT2D eigenvalue weighted by molar-refractivity contribution is 6.30. The van der Waals surface area contributed by atoms with Crippen LogP contribution < -0.4 is 5.32 Å². The van der Waals surface area contributed by atoms with Crippen molar-refractivity contribution in [3.8, 4) is 0 Å². The van der Waals surface area contributed by atoms with Crippen molar-refractivity contribution in [2.45, 2.75) is 20.4 Å². The van der Waals surface area contributed by atoms with Crippen LogP contribution in [0.4, 0.5) is 11.5 Å². The summed E-state index contributed by atoms with van der Waals surface area (Å²) in [4.78, 5) is 22.8. The summed E-state index contributed by atoms with van der Waals surface area (Å²) in [6, 6.07) is 13.5. The minimum atomic E-state index is -0.473. The smallest absolute Gasteiger partial charge is 0.272 e. The molecule has 0 spiro atoms. The van der Waals surface area contributed by atoms with Gasteiger partial charge in [-0.2, -0.15) is 5.10 Å². The first-order valence-electron chi connectivity index (χ1n) is 8.19. The zero-order valence-electron chi connectivity index (χ0n) is 14.8. The highest BCUT2D eigenvalue weighted by atomic mass is 35.5. The minimum Gasteiger partial charge on any atom is -0.305 e. The summed E-state index contributed by atoms with van der Waals surface area (Å²) in [7, 11) is 0. The van der Waals surface area contributed by atoms with Gasteiger partial charge >= 0.3 is 0 Å². The molecular weight excluding hydrogens is 368 g/mol. The number of nitrogens with one attached hydrogen (secondary N) is 1. The number of hydrogen-bond donors (Lipinski definition) is 1. The summed E-state index contributed by atoms with van der Waals surface area (Å²) >= 11 is 5.90. The first-order chi connectivity index (χ1) is 12.8. The molecule has 0 unspecified atom stereocenters. The lowest BCUT2D eigenvalue weighted by Gasteiger charge is -2.05. The summed E-state index contributed by atoms with van der Waals surface area (Å²) in [6.45, 7) is 4.05. The summed E-state index contributed by atoms with van der Waals surface area (Å²) in [5.74, 6) is 0.0478. The normalized spacial score (nSPS) is 10.6. The van der Waals surface area contributed by atoms with E-state index in [1.165, 1.54) is 18.2 Å². The summed E-state index contributed by atoms with van der Waals surface area (Å²) in [5, 5.41) is 18.7. The highest BCUT2D eigenvalue weighted by Gasteiger charge is 2.15. The van der Waals surface area contributed by atoms with Crippen LogP contribution in [-0.2, 0) is 6.54 Å². The maximum Gasteiger partial charge on any atom is 0.272 e. The third-order valence-corrected chi connectivity index (χ3v) is 4.38. The number of anilines is 1. The quantitative estimate of drug-likeness (QED) is 0.522. The maximum atomic E-state index is 12.4. The predicted octanol–water partition coefficient (Wildman–Crippen LogP) is 4.36. The van der Waals surface area contributed by atoms with Crippen LogP contribution in [0, 0.1) is 24.0 Å². The highest BCUT2D eigenvalue weighted by Crippen LogP contribution is 2.20. The van der Waals surface area contributed by atoms with E-state index in [9.17, 15) is 14.9 Å². The number of benzene rings is 2. The van der Waals surface area contributed by atoms with Crippen LogP contribution in [0.15, 0.2) is 48.5 Å². The van der Waals surface area contributed by atoms with Gasteiger partial charge in [0, 0.05) is 34.0 Å². The molecule has 0 saturated heterocycles. The van der Waals surface area contributed by atoms with Crippen LogP contribution in [0.25, 0.3) is 0 Å². The average Bonchev–Trinajstić information content (AvgIpc) is 2.95. The first-order valence-corrected chi connectivity index (χ1v) is 8.56. The number of nitrogens with zero attached hydrogens (tertiary/aromatic N) is 3. The van der Waals surface area contributed by atoms with Gasteiger partial charge in [-0.1, -0.05) is 23.7 Å². The zero-order chi connectivity index (χ0) is 19.6. The molecule has 0 aliphatic heterocycles. The lowest BCUT2D eigenvalue weighted by molar-refractivity contribution is -0.385. The Morgan fingerprint density at radius 3 is 2.52 bits per heavy atom. The monoisotopic (exact) mass is 384 g/mol. The number of hydrogen-bond acceptors (Lipinski definition) is 4. The lowest BCUT2D eigenvalue weighted by atomic mass is 10.1. The van der Waals surface area contributed by atoms with Crippen molar-refractivity contribution in [1.29, 1.82) is 0 Å². The molecule has 0 bridgehead atoms. The number of aromatic nitrogens is 2. The van der Waals surface area contributed by atoms with Crippen LogP contribution in [0.2, 0.25) is 5.02 Å². The van der Waals surface area contributed by atoms with Crippen molar-refractivity contribution < 1.29 is 9.72 Å². The molecule has 0 saturated carbocycles. The Kier molecular flexibility index (Phi) is 5.23. The molecule has 1 aromatic heterocycles. The fourth-order valence-corrected chi connectivity index (χ4v) is 2.81. The topological polar surface area (TPSA) is 90.1 Å². The Morgan fingerprint density at radius 1 is 1.19 bits per heavy atom. The van der Waals surface area contributed by atoms with Gasteiger partial charge < -0.3 is 5.32 Å². The number of halogens is 1. The molecule has 3 rings (SSSR count). The Bertz CT molecular complexity index is 1010. The molecule has 1 amide bonds. The second-order valence-electron chi connectivity index (χ2n) is 6.17. The molecular formula is C19H17ClN4O3.